The lowest BCUT2D eigenvalue weighted by Crippen LogP contribution is -1.96. The van der Waals surface area contributed by atoms with Crippen LogP contribution in [0.2, 0.25) is 0 Å². The first kappa shape index (κ1) is 18.0. The van der Waals surface area contributed by atoms with Crippen LogP contribution >= 0.6 is 0 Å². The number of allylic oxidation sites excluding steroid dienone is 3. The van der Waals surface area contributed by atoms with Gasteiger partial charge in [-0.1, -0.05) is 51.0 Å². The Morgan fingerprint density at radius 2 is 1.95 bits per heavy atom. The predicted molar refractivity (Wildman–Crippen MR) is 91.2 cm³/mol. The fraction of sp³-hybridized carbons (Fsp3) is 0.421. The quantitative estimate of drug-likeness (QED) is 0.380. The number of ether oxygens (including phenoxy) is 1. The van der Waals surface area contributed by atoms with E-state index < -0.39 is 0 Å². The molecule has 0 radical (unpaired) electrons. The first-order valence-electron chi connectivity index (χ1n) is 8.00. The normalized spacial score (nSPS) is 11.4. The molecule has 3 heteroatoms. The number of ketones is 1. The van der Waals surface area contributed by atoms with Crippen LogP contribution < -0.4 is 4.74 Å². The van der Waals surface area contributed by atoms with Crippen LogP contribution in [0.1, 0.15) is 51.5 Å². The van der Waals surface area contributed by atoms with Gasteiger partial charge in [0, 0.05) is 6.42 Å². The van der Waals surface area contributed by atoms with Crippen molar-refractivity contribution in [2.24, 2.45) is 0 Å². The van der Waals surface area contributed by atoms with Crippen molar-refractivity contribution in [1.82, 2.24) is 0 Å². The highest BCUT2D eigenvalue weighted by atomic mass is 16.5. The molecule has 0 amide bonds. The lowest BCUT2D eigenvalue weighted by Gasteiger charge is -2.07. The molecule has 0 unspecified atom stereocenters. The van der Waals surface area contributed by atoms with Crippen molar-refractivity contribution in [3.63, 3.8) is 0 Å². The van der Waals surface area contributed by atoms with Gasteiger partial charge in [0.15, 0.2) is 17.3 Å². The summed E-state index contributed by atoms with van der Waals surface area (Å²) in [6.07, 6.45) is 11.6. The summed E-state index contributed by atoms with van der Waals surface area (Å²) in [7, 11) is 0. The van der Waals surface area contributed by atoms with Crippen molar-refractivity contribution in [3.8, 4) is 11.5 Å². The van der Waals surface area contributed by atoms with E-state index >= 15 is 0 Å². The molecule has 0 bridgehead atoms. The number of phenolic OH excluding ortho intramolecular Hbond substituents is 1. The van der Waals surface area contributed by atoms with Gasteiger partial charge in [0.1, 0.15) is 0 Å². The third-order valence-electron chi connectivity index (χ3n) is 3.20. The standard InChI is InChI=1S/C19H26O3/c1-3-5-10-17(20)11-8-7-9-16-12-13-19(18(21)15-16)22-14-6-4-2/h7-9,11-13,15,21H,3-6,10,14H2,1-2H3. The molecule has 3 nitrogen and oxygen atoms in total. The topological polar surface area (TPSA) is 46.5 Å². The van der Waals surface area contributed by atoms with Gasteiger partial charge in [0.05, 0.1) is 6.61 Å². The third kappa shape index (κ3) is 7.11. The first-order chi connectivity index (χ1) is 10.7. The van der Waals surface area contributed by atoms with Gasteiger partial charge < -0.3 is 9.84 Å². The van der Waals surface area contributed by atoms with Crippen LogP contribution in [0.3, 0.4) is 0 Å². The molecule has 0 aliphatic carbocycles. The lowest BCUT2D eigenvalue weighted by molar-refractivity contribution is -0.114. The Morgan fingerprint density at radius 1 is 1.18 bits per heavy atom. The van der Waals surface area contributed by atoms with Crippen LogP contribution in [0.25, 0.3) is 6.08 Å². The Bertz CT molecular complexity index is 515. The average Bonchev–Trinajstić information content (AvgIpc) is 2.51. The number of aromatic hydroxyl groups is 1. The number of hydrogen-bond acceptors (Lipinski definition) is 3. The Kier molecular flexibility index (Phi) is 8.73. The van der Waals surface area contributed by atoms with E-state index in [2.05, 4.69) is 13.8 Å². The summed E-state index contributed by atoms with van der Waals surface area (Å²) >= 11 is 0. The fourth-order valence-electron chi connectivity index (χ4n) is 1.85. The highest BCUT2D eigenvalue weighted by Crippen LogP contribution is 2.27. The molecule has 1 N–H and O–H groups in total. The lowest BCUT2D eigenvalue weighted by atomic mass is 10.1. The zero-order valence-corrected chi connectivity index (χ0v) is 13.5. The number of carbonyl (C=O) groups excluding carboxylic acids is 1. The number of unbranched alkanes of at least 4 members (excludes halogenated alkanes) is 2. The molecule has 0 aliphatic heterocycles. The summed E-state index contributed by atoms with van der Waals surface area (Å²) < 4.78 is 5.49. The number of benzene rings is 1. The number of rotatable bonds is 10. The molecule has 0 atom stereocenters. The number of phenols is 1. The molecule has 0 heterocycles. The van der Waals surface area contributed by atoms with Gasteiger partial charge in [-0.05, 0) is 36.6 Å². The van der Waals surface area contributed by atoms with Crippen molar-refractivity contribution < 1.29 is 14.6 Å². The first-order valence-corrected chi connectivity index (χ1v) is 8.00. The summed E-state index contributed by atoms with van der Waals surface area (Å²) in [5, 5.41) is 9.90. The molecule has 1 aromatic carbocycles. The molecule has 120 valence electrons. The van der Waals surface area contributed by atoms with Crippen molar-refractivity contribution in [2.75, 3.05) is 6.61 Å². The summed E-state index contributed by atoms with van der Waals surface area (Å²) in [5.74, 6) is 0.797. The molecule has 0 saturated carbocycles. The maximum atomic E-state index is 11.5. The molecular formula is C19H26O3. The number of carbonyl (C=O) groups is 1. The highest BCUT2D eigenvalue weighted by Gasteiger charge is 2.02. The maximum absolute atomic E-state index is 11.5. The van der Waals surface area contributed by atoms with Crippen molar-refractivity contribution in [3.05, 3.63) is 42.0 Å². The van der Waals surface area contributed by atoms with Crippen LogP contribution in [0.15, 0.2) is 36.4 Å². The molecule has 1 aromatic rings. The molecule has 0 fully saturated rings. The van der Waals surface area contributed by atoms with Crippen molar-refractivity contribution in [2.45, 2.75) is 46.0 Å². The van der Waals surface area contributed by atoms with Crippen LogP contribution in [-0.2, 0) is 4.79 Å². The van der Waals surface area contributed by atoms with E-state index in [1.807, 2.05) is 12.1 Å². The third-order valence-corrected chi connectivity index (χ3v) is 3.20. The monoisotopic (exact) mass is 302 g/mol. The van der Waals surface area contributed by atoms with E-state index in [1.54, 1.807) is 30.4 Å². The van der Waals surface area contributed by atoms with Gasteiger partial charge in [-0.15, -0.1) is 0 Å². The molecular weight excluding hydrogens is 276 g/mol. The van der Waals surface area contributed by atoms with Gasteiger partial charge in [-0.25, -0.2) is 0 Å². The zero-order chi connectivity index (χ0) is 16.2. The van der Waals surface area contributed by atoms with Crippen LogP contribution in [-0.4, -0.2) is 17.5 Å². The highest BCUT2D eigenvalue weighted by molar-refractivity contribution is 5.89. The van der Waals surface area contributed by atoms with Crippen LogP contribution in [0, 0.1) is 0 Å². The molecule has 0 saturated heterocycles. The average molecular weight is 302 g/mol. The molecule has 0 spiro atoms. The van der Waals surface area contributed by atoms with E-state index in [4.69, 9.17) is 4.74 Å². The number of hydrogen-bond donors (Lipinski definition) is 1. The second-order valence-corrected chi connectivity index (χ2v) is 5.22. The Morgan fingerprint density at radius 3 is 2.64 bits per heavy atom. The fourth-order valence-corrected chi connectivity index (χ4v) is 1.85. The summed E-state index contributed by atoms with van der Waals surface area (Å²) in [4.78, 5) is 11.5. The SMILES string of the molecule is CCCCOc1ccc(C=CC=CC(=O)CCCC)cc1O. The second kappa shape index (κ2) is 10.7. The molecule has 22 heavy (non-hydrogen) atoms. The largest absolute Gasteiger partial charge is 0.504 e. The second-order valence-electron chi connectivity index (χ2n) is 5.22. The van der Waals surface area contributed by atoms with Gasteiger partial charge in [-0.3, -0.25) is 4.79 Å². The van der Waals surface area contributed by atoms with E-state index in [9.17, 15) is 9.90 Å². The minimum absolute atomic E-state index is 0.140. The van der Waals surface area contributed by atoms with Gasteiger partial charge in [0.2, 0.25) is 0 Å². The van der Waals surface area contributed by atoms with Crippen molar-refractivity contribution in [1.29, 1.82) is 0 Å². The van der Waals surface area contributed by atoms with Crippen molar-refractivity contribution >= 4 is 11.9 Å². The summed E-state index contributed by atoms with van der Waals surface area (Å²) in [6.45, 7) is 4.78. The van der Waals surface area contributed by atoms with E-state index in [1.165, 1.54) is 0 Å². The minimum Gasteiger partial charge on any atom is -0.504 e. The molecule has 1 rings (SSSR count). The van der Waals surface area contributed by atoms with Gasteiger partial charge in [0.25, 0.3) is 0 Å². The molecule has 0 aromatic heterocycles. The van der Waals surface area contributed by atoms with Gasteiger partial charge in [-0.2, -0.15) is 0 Å². The predicted octanol–water partition coefficient (Wildman–Crippen LogP) is 4.90. The summed E-state index contributed by atoms with van der Waals surface area (Å²) in [5.41, 5.74) is 0.867. The Labute approximate surface area is 133 Å². The molecule has 0 aliphatic rings. The minimum atomic E-state index is 0.140. The maximum Gasteiger partial charge on any atom is 0.160 e. The smallest absolute Gasteiger partial charge is 0.160 e. The van der Waals surface area contributed by atoms with E-state index in [0.717, 1.165) is 31.2 Å². The van der Waals surface area contributed by atoms with Crippen LogP contribution in [0.5, 0.6) is 11.5 Å². The van der Waals surface area contributed by atoms with Gasteiger partial charge >= 0.3 is 0 Å². The zero-order valence-electron chi connectivity index (χ0n) is 13.5. The summed E-state index contributed by atoms with van der Waals surface area (Å²) in [6, 6.07) is 5.30. The van der Waals surface area contributed by atoms with Crippen LogP contribution in [0.4, 0.5) is 0 Å². The van der Waals surface area contributed by atoms with E-state index in [-0.39, 0.29) is 11.5 Å². The Balaban J connectivity index is 2.52. The Hall–Kier alpha value is -2.03. The van der Waals surface area contributed by atoms with E-state index in [0.29, 0.717) is 18.8 Å².